The number of anilines is 6. The summed E-state index contributed by atoms with van der Waals surface area (Å²) >= 11 is 0. The number of benzene rings is 4. The van der Waals surface area contributed by atoms with E-state index in [1.165, 1.54) is 55.6 Å². The average Bonchev–Trinajstić information content (AvgIpc) is 4.14. The molecule has 0 amide bonds. The summed E-state index contributed by atoms with van der Waals surface area (Å²) in [4.78, 5) is 18.4. The van der Waals surface area contributed by atoms with Gasteiger partial charge in [0.2, 0.25) is 0 Å². The van der Waals surface area contributed by atoms with Crippen molar-refractivity contribution in [2.45, 2.75) is 107 Å². The Morgan fingerprint density at radius 1 is 0.486 bits per heavy atom. The maximum Gasteiger partial charge on any atom is 0.124 e. The van der Waals surface area contributed by atoms with Gasteiger partial charge in [0.25, 0.3) is 0 Å². The summed E-state index contributed by atoms with van der Waals surface area (Å²) in [6.07, 6.45) is 12.5. The van der Waals surface area contributed by atoms with E-state index in [0.717, 1.165) is 122 Å². The first-order valence-corrected chi connectivity index (χ1v) is 24.8. The topological polar surface area (TPSA) is 92.7 Å². The average molecular weight is 1320 g/mol. The maximum atomic E-state index is 4.72. The molecule has 4 aromatic heterocycles. The van der Waals surface area contributed by atoms with Gasteiger partial charge in [-0.25, -0.2) is 9.97 Å². The van der Waals surface area contributed by atoms with Crippen LogP contribution in [0.15, 0.2) is 109 Å². The number of pyridine rings is 2. The van der Waals surface area contributed by atoms with E-state index >= 15 is 0 Å². The Balaban J connectivity index is 0.000000206. The van der Waals surface area contributed by atoms with Crippen molar-refractivity contribution in [3.63, 3.8) is 0 Å². The van der Waals surface area contributed by atoms with Crippen LogP contribution in [0.1, 0.15) is 94.7 Å². The van der Waals surface area contributed by atoms with E-state index in [2.05, 4.69) is 180 Å². The molecule has 0 bridgehead atoms. The molecule has 72 heavy (non-hydrogen) atoms. The Hall–Kier alpha value is -5.82. The Morgan fingerprint density at radius 3 is 1.26 bits per heavy atom. The second kappa shape index (κ2) is 24.7. The molecule has 4 aromatic carbocycles. The van der Waals surface area contributed by atoms with E-state index in [1.54, 1.807) is 0 Å². The van der Waals surface area contributed by atoms with E-state index in [4.69, 9.17) is 9.97 Å². The van der Waals surface area contributed by atoms with Crippen LogP contribution in [-0.4, -0.2) is 33.3 Å². The maximum absolute atomic E-state index is 4.72. The zero-order valence-corrected chi connectivity index (χ0v) is 47.3. The smallest absolute Gasteiger partial charge is 0.124 e. The van der Waals surface area contributed by atoms with Crippen molar-refractivity contribution in [1.29, 1.82) is 0 Å². The summed E-state index contributed by atoms with van der Waals surface area (Å²) in [5.74, 6) is 1.92. The van der Waals surface area contributed by atoms with Crippen LogP contribution in [0.4, 0.5) is 34.4 Å². The van der Waals surface area contributed by atoms with E-state index in [-0.39, 0.29) is 42.1 Å². The molecule has 0 atom stereocenters. The van der Waals surface area contributed by atoms with Crippen LogP contribution in [0.3, 0.4) is 0 Å². The van der Waals surface area contributed by atoms with Crippen LogP contribution in [-0.2, 0) is 55.0 Å². The first kappa shape index (κ1) is 54.0. The molecule has 0 saturated heterocycles. The van der Waals surface area contributed by atoms with Crippen molar-refractivity contribution in [2.24, 2.45) is 0 Å². The quantitative estimate of drug-likeness (QED) is 0.0688. The van der Waals surface area contributed by atoms with Crippen molar-refractivity contribution >= 4 is 34.4 Å². The fourth-order valence-corrected chi connectivity index (χ4v) is 10.2. The summed E-state index contributed by atoms with van der Waals surface area (Å²) in [6.45, 7) is 23.3. The van der Waals surface area contributed by atoms with Crippen LogP contribution >= 0.6 is 0 Å². The van der Waals surface area contributed by atoms with Crippen LogP contribution < -0.4 is 29.8 Å². The molecule has 2 aliphatic rings. The molecular weight excluding hydrogens is 1250 g/mol. The minimum absolute atomic E-state index is 0. The van der Waals surface area contributed by atoms with Gasteiger partial charge in [0.15, 0.2) is 0 Å². The van der Waals surface area contributed by atoms with Crippen molar-refractivity contribution in [3.8, 4) is 22.3 Å². The number of aryl methyl sites for hydroxylation is 10. The zero-order valence-electron chi connectivity index (χ0n) is 42.7. The Kier molecular flexibility index (Phi) is 18.5. The van der Waals surface area contributed by atoms with Crippen molar-refractivity contribution in [1.82, 2.24) is 30.4 Å². The van der Waals surface area contributed by atoms with Gasteiger partial charge in [0.05, 0.1) is 0 Å². The number of hydrogen-bond acceptors (Lipinski definition) is 8. The van der Waals surface area contributed by atoms with Crippen LogP contribution in [0.5, 0.6) is 0 Å². The van der Waals surface area contributed by atoms with Gasteiger partial charge in [-0.2, -0.15) is 49.7 Å². The standard InChI is InChI=1S/2C30H32N5.2Pt/c2*1-21-16-22(2)29(23(3)17-21)25-10-8-12-27(19-25)35-20-34(28-13-9-14-31-30(28)35)15-7-5-6-11-26-18-24(4)32-33-26;;/h2*8-10,13-14,16-20H,5-7,11,15H2,1-4H3;;/q2*-3;;. The number of nitrogens with zero attached hydrogens (tertiary/aromatic N) is 10. The predicted molar refractivity (Wildman–Crippen MR) is 286 cm³/mol. The van der Waals surface area contributed by atoms with Crippen LogP contribution in [0, 0.1) is 80.9 Å². The fraction of sp³-hybridized carbons (Fsp3) is 0.300. The third-order valence-corrected chi connectivity index (χ3v) is 13.2. The SMILES string of the molecule is Cc1cc(C)c(-c2cc[c-]c(N3[CH-]N(CCCCCc4cc(C)[n-]n4)c4cccnc43)c2)c(C)c1.Cc1cc(C)c(-c2cc[c-]c(N3[CH-]N(CCCCCc4cc(C)[n-]n4)c4cccnc43)c2)c(C)c1.[Pt].[Pt]. The van der Waals surface area contributed by atoms with Crippen molar-refractivity contribution < 1.29 is 42.1 Å². The Labute approximate surface area is 456 Å². The molecule has 0 N–H and O–H groups in total. The first-order valence-electron chi connectivity index (χ1n) is 24.8. The monoisotopic (exact) mass is 1310 g/mol. The minimum Gasteiger partial charge on any atom is -0.579 e. The zero-order chi connectivity index (χ0) is 48.7. The molecule has 8 aromatic rings. The van der Waals surface area contributed by atoms with Crippen molar-refractivity contribution in [2.75, 3.05) is 32.7 Å². The summed E-state index contributed by atoms with van der Waals surface area (Å²) in [5.41, 5.74) is 21.3. The molecule has 12 heteroatoms. The molecule has 0 radical (unpaired) electrons. The number of fused-ring (bicyclic) bond motifs is 2. The van der Waals surface area contributed by atoms with Crippen molar-refractivity contribution in [3.05, 3.63) is 191 Å². The van der Waals surface area contributed by atoms with Gasteiger partial charge in [-0.15, -0.1) is 46.0 Å². The Bertz CT molecular complexity index is 2820. The molecule has 0 fully saturated rings. The van der Waals surface area contributed by atoms with Crippen LogP contribution in [0.2, 0.25) is 0 Å². The number of aromatic nitrogens is 6. The normalized spacial score (nSPS) is 12.6. The fourth-order valence-electron chi connectivity index (χ4n) is 10.2. The minimum atomic E-state index is 0. The number of hydrogen-bond donors (Lipinski definition) is 0. The number of rotatable bonds is 16. The van der Waals surface area contributed by atoms with Gasteiger partial charge in [-0.3, -0.25) is 0 Å². The molecular formula is C60H64N10Pt2-6. The van der Waals surface area contributed by atoms with E-state index < -0.39 is 0 Å². The van der Waals surface area contributed by atoms with Gasteiger partial charge in [-0.05, 0) is 151 Å². The van der Waals surface area contributed by atoms with Gasteiger partial charge in [0, 0.05) is 77.3 Å². The molecule has 10 nitrogen and oxygen atoms in total. The second-order valence-corrected chi connectivity index (χ2v) is 19.1. The third kappa shape index (κ3) is 12.7. The molecule has 10 rings (SSSR count). The summed E-state index contributed by atoms with van der Waals surface area (Å²) in [7, 11) is 0. The van der Waals surface area contributed by atoms with E-state index in [9.17, 15) is 0 Å². The molecule has 0 aliphatic carbocycles. The summed E-state index contributed by atoms with van der Waals surface area (Å²) in [5, 5.41) is 16.6. The summed E-state index contributed by atoms with van der Waals surface area (Å²) in [6, 6.07) is 41.2. The number of unbranched alkanes of at least 4 members (excludes halogenated alkanes) is 4. The molecule has 0 saturated carbocycles. The molecule has 0 unspecified atom stereocenters. The van der Waals surface area contributed by atoms with Crippen LogP contribution in [0.25, 0.3) is 22.3 Å². The molecule has 2 aliphatic heterocycles. The molecule has 0 spiro atoms. The van der Waals surface area contributed by atoms with Gasteiger partial charge in [-0.1, -0.05) is 74.2 Å². The second-order valence-electron chi connectivity index (χ2n) is 19.1. The Morgan fingerprint density at radius 2 is 0.889 bits per heavy atom. The molecule has 380 valence electrons. The van der Waals surface area contributed by atoms with E-state index in [1.807, 2.05) is 50.5 Å². The first-order chi connectivity index (χ1) is 34.0. The van der Waals surface area contributed by atoms with Gasteiger partial charge < -0.3 is 40.0 Å². The van der Waals surface area contributed by atoms with Gasteiger partial charge in [0.1, 0.15) is 11.6 Å². The third-order valence-electron chi connectivity index (χ3n) is 13.2. The summed E-state index contributed by atoms with van der Waals surface area (Å²) < 4.78 is 0. The predicted octanol–water partition coefficient (Wildman–Crippen LogP) is 13.2. The van der Waals surface area contributed by atoms with Gasteiger partial charge >= 0.3 is 0 Å². The largest absolute Gasteiger partial charge is 0.579 e. The molecule has 6 heterocycles. The van der Waals surface area contributed by atoms with E-state index in [0.29, 0.717) is 0 Å².